The summed E-state index contributed by atoms with van der Waals surface area (Å²) in [5, 5.41) is 7.27. The normalized spacial score (nSPS) is 11.9. The largest absolute Gasteiger partial charge is 0.324 e. The van der Waals surface area contributed by atoms with Crippen molar-refractivity contribution in [1.29, 1.82) is 0 Å². The van der Waals surface area contributed by atoms with Gasteiger partial charge in [0.25, 0.3) is 10.0 Å². The molecule has 0 spiro atoms. The lowest BCUT2D eigenvalue weighted by Crippen LogP contribution is -2.14. The van der Waals surface area contributed by atoms with Crippen molar-refractivity contribution in [2.24, 2.45) is 7.05 Å². The first-order chi connectivity index (χ1) is 9.49. The fraction of sp³-hybridized carbons (Fsp3) is 0.0909. The van der Waals surface area contributed by atoms with Gasteiger partial charge < -0.3 is 4.57 Å². The van der Waals surface area contributed by atoms with Crippen molar-refractivity contribution in [3.8, 4) is 0 Å². The maximum Gasteiger partial charge on any atom is 0.282 e. The molecule has 0 saturated carbocycles. The van der Waals surface area contributed by atoms with Crippen LogP contribution in [0.5, 0.6) is 0 Å². The van der Waals surface area contributed by atoms with Crippen LogP contribution in [0.15, 0.2) is 35.7 Å². The van der Waals surface area contributed by atoms with Gasteiger partial charge >= 0.3 is 0 Å². The van der Waals surface area contributed by atoms with Crippen LogP contribution >= 0.6 is 11.6 Å². The van der Waals surface area contributed by atoms with E-state index < -0.39 is 10.0 Å². The Morgan fingerprint density at radius 3 is 2.90 bits per heavy atom. The molecule has 7 nitrogen and oxygen atoms in total. The Bertz CT molecular complexity index is 883. The number of nitrogens with one attached hydrogen (secondary N) is 2. The molecule has 3 aromatic rings. The number of halogens is 1. The molecule has 3 rings (SSSR count). The highest BCUT2D eigenvalue weighted by Gasteiger charge is 2.23. The molecule has 104 valence electrons. The SMILES string of the molecule is Cn1cnc(S(=O)(=O)Nc2cccc3cn[nH]c23)c1Cl. The van der Waals surface area contributed by atoms with E-state index in [1.54, 1.807) is 25.4 Å². The molecule has 2 heterocycles. The number of anilines is 1. The quantitative estimate of drug-likeness (QED) is 0.770. The van der Waals surface area contributed by atoms with Crippen LogP contribution in [0.25, 0.3) is 10.9 Å². The second-order valence-corrected chi connectivity index (χ2v) is 6.15. The van der Waals surface area contributed by atoms with Crippen molar-refractivity contribution in [2.45, 2.75) is 5.03 Å². The van der Waals surface area contributed by atoms with E-state index in [2.05, 4.69) is 19.9 Å². The number of imidazole rings is 1. The summed E-state index contributed by atoms with van der Waals surface area (Å²) in [7, 11) is -2.24. The predicted molar refractivity (Wildman–Crippen MR) is 75.1 cm³/mol. The smallest absolute Gasteiger partial charge is 0.282 e. The standard InChI is InChI=1S/C11H10ClN5O2S/c1-17-6-13-11(10(17)12)20(18,19)16-8-4-2-3-7-5-14-15-9(7)8/h2-6,16H,1H3,(H,14,15). The molecule has 0 aliphatic rings. The number of hydrogen-bond acceptors (Lipinski definition) is 4. The van der Waals surface area contributed by atoms with E-state index in [0.29, 0.717) is 11.2 Å². The Kier molecular flexibility index (Phi) is 2.91. The average molecular weight is 312 g/mol. The van der Waals surface area contributed by atoms with Crippen molar-refractivity contribution >= 4 is 38.2 Å². The van der Waals surface area contributed by atoms with Gasteiger partial charge in [0.05, 0.1) is 23.7 Å². The minimum atomic E-state index is -3.85. The third-order valence-corrected chi connectivity index (χ3v) is 4.66. The van der Waals surface area contributed by atoms with E-state index in [-0.39, 0.29) is 10.2 Å². The Balaban J connectivity index is 2.06. The second-order valence-electron chi connectivity index (χ2n) is 4.20. The van der Waals surface area contributed by atoms with Gasteiger partial charge in [0.15, 0.2) is 0 Å². The summed E-state index contributed by atoms with van der Waals surface area (Å²) < 4.78 is 28.5. The molecule has 0 unspecified atom stereocenters. The maximum absolute atomic E-state index is 12.3. The van der Waals surface area contributed by atoms with Gasteiger partial charge in [-0.25, -0.2) is 4.98 Å². The van der Waals surface area contributed by atoms with Crippen LogP contribution in [-0.4, -0.2) is 28.2 Å². The van der Waals surface area contributed by atoms with Crippen molar-refractivity contribution < 1.29 is 8.42 Å². The summed E-state index contributed by atoms with van der Waals surface area (Å²) in [6, 6.07) is 5.19. The van der Waals surface area contributed by atoms with Gasteiger partial charge in [-0.2, -0.15) is 13.5 Å². The number of aryl methyl sites for hydroxylation is 1. The Morgan fingerprint density at radius 1 is 1.40 bits per heavy atom. The Morgan fingerprint density at radius 2 is 2.20 bits per heavy atom. The van der Waals surface area contributed by atoms with E-state index in [1.807, 2.05) is 6.07 Å². The first-order valence-corrected chi connectivity index (χ1v) is 7.47. The predicted octanol–water partition coefficient (Wildman–Crippen LogP) is 1.75. The van der Waals surface area contributed by atoms with Gasteiger partial charge in [-0.15, -0.1) is 0 Å². The zero-order chi connectivity index (χ0) is 14.3. The van der Waals surface area contributed by atoms with Gasteiger partial charge in [0, 0.05) is 12.4 Å². The summed E-state index contributed by atoms with van der Waals surface area (Å²) in [5.41, 5.74) is 0.991. The fourth-order valence-corrected chi connectivity index (χ4v) is 3.33. The number of fused-ring (bicyclic) bond motifs is 1. The monoisotopic (exact) mass is 311 g/mol. The van der Waals surface area contributed by atoms with Crippen LogP contribution in [0.4, 0.5) is 5.69 Å². The molecule has 0 radical (unpaired) electrons. The van der Waals surface area contributed by atoms with Gasteiger partial charge in [-0.1, -0.05) is 23.7 Å². The van der Waals surface area contributed by atoms with Crippen LogP contribution in [0.3, 0.4) is 0 Å². The van der Waals surface area contributed by atoms with Gasteiger partial charge in [-0.05, 0) is 6.07 Å². The van der Waals surface area contributed by atoms with Crippen molar-refractivity contribution in [3.05, 3.63) is 35.9 Å². The van der Waals surface area contributed by atoms with Gasteiger partial charge in [0.1, 0.15) is 5.15 Å². The van der Waals surface area contributed by atoms with Crippen molar-refractivity contribution in [1.82, 2.24) is 19.7 Å². The first kappa shape index (κ1) is 12.9. The molecular formula is C11H10ClN5O2S. The molecule has 2 N–H and O–H groups in total. The van der Waals surface area contributed by atoms with Crippen LogP contribution < -0.4 is 4.72 Å². The number of H-pyrrole nitrogens is 1. The van der Waals surface area contributed by atoms with Crippen molar-refractivity contribution in [3.63, 3.8) is 0 Å². The summed E-state index contributed by atoms with van der Waals surface area (Å²) in [6.07, 6.45) is 2.95. The summed E-state index contributed by atoms with van der Waals surface area (Å²) in [6.45, 7) is 0. The van der Waals surface area contributed by atoms with E-state index in [4.69, 9.17) is 11.6 Å². The maximum atomic E-state index is 12.3. The Labute approximate surface area is 119 Å². The number of aromatic nitrogens is 4. The van der Waals surface area contributed by atoms with E-state index in [1.165, 1.54) is 10.9 Å². The molecule has 0 fully saturated rings. The number of aromatic amines is 1. The number of nitrogens with zero attached hydrogens (tertiary/aromatic N) is 3. The highest BCUT2D eigenvalue weighted by atomic mass is 35.5. The molecular weight excluding hydrogens is 302 g/mol. The van der Waals surface area contributed by atoms with E-state index in [9.17, 15) is 8.42 Å². The zero-order valence-electron chi connectivity index (χ0n) is 10.3. The van der Waals surface area contributed by atoms with Crippen LogP contribution in [0.2, 0.25) is 5.15 Å². The lowest BCUT2D eigenvalue weighted by atomic mass is 10.2. The fourth-order valence-electron chi connectivity index (χ4n) is 1.82. The third-order valence-electron chi connectivity index (χ3n) is 2.81. The lowest BCUT2D eigenvalue weighted by Gasteiger charge is -2.07. The third kappa shape index (κ3) is 2.02. The number of rotatable bonds is 3. The highest BCUT2D eigenvalue weighted by molar-refractivity contribution is 7.92. The second kappa shape index (κ2) is 4.50. The number of para-hydroxylation sites is 1. The van der Waals surface area contributed by atoms with Gasteiger partial charge in [0.2, 0.25) is 5.03 Å². The van der Waals surface area contributed by atoms with Crippen LogP contribution in [0, 0.1) is 0 Å². The molecule has 2 aromatic heterocycles. The number of hydrogen-bond donors (Lipinski definition) is 2. The van der Waals surface area contributed by atoms with Crippen LogP contribution in [-0.2, 0) is 17.1 Å². The van der Waals surface area contributed by atoms with Gasteiger partial charge in [-0.3, -0.25) is 9.82 Å². The Hall–Kier alpha value is -2.06. The molecule has 9 heteroatoms. The van der Waals surface area contributed by atoms with Crippen molar-refractivity contribution in [2.75, 3.05) is 4.72 Å². The molecule has 20 heavy (non-hydrogen) atoms. The zero-order valence-corrected chi connectivity index (χ0v) is 11.9. The molecule has 0 atom stereocenters. The van der Waals surface area contributed by atoms with Crippen LogP contribution in [0.1, 0.15) is 0 Å². The minimum Gasteiger partial charge on any atom is -0.324 e. The molecule has 0 aliphatic carbocycles. The highest BCUT2D eigenvalue weighted by Crippen LogP contribution is 2.25. The summed E-state index contributed by atoms with van der Waals surface area (Å²) in [5.74, 6) is 0. The molecule has 0 amide bonds. The molecule has 0 aliphatic heterocycles. The number of benzene rings is 1. The number of sulfonamides is 1. The minimum absolute atomic E-state index is 0.0503. The topological polar surface area (TPSA) is 92.7 Å². The first-order valence-electron chi connectivity index (χ1n) is 5.61. The van der Waals surface area contributed by atoms with E-state index in [0.717, 1.165) is 5.39 Å². The average Bonchev–Trinajstić information content (AvgIpc) is 2.98. The summed E-state index contributed by atoms with van der Waals surface area (Å²) in [4.78, 5) is 3.81. The molecule has 1 aromatic carbocycles. The summed E-state index contributed by atoms with van der Waals surface area (Å²) >= 11 is 5.92. The lowest BCUT2D eigenvalue weighted by molar-refractivity contribution is 0.598. The molecule has 0 saturated heterocycles. The van der Waals surface area contributed by atoms with E-state index >= 15 is 0 Å². The molecule has 0 bridgehead atoms.